The van der Waals surface area contributed by atoms with E-state index in [1.54, 1.807) is 0 Å². The summed E-state index contributed by atoms with van der Waals surface area (Å²) in [5, 5.41) is 0. The normalized spacial score (nSPS) is 17.2. The van der Waals surface area contributed by atoms with Gasteiger partial charge in [-0.25, -0.2) is 0 Å². The van der Waals surface area contributed by atoms with Crippen LogP contribution in [0.4, 0.5) is 0 Å². The lowest BCUT2D eigenvalue weighted by Crippen LogP contribution is -2.44. The summed E-state index contributed by atoms with van der Waals surface area (Å²) < 4.78 is 0. The smallest absolute Gasteiger partial charge is 0.244 e. The second-order valence-corrected chi connectivity index (χ2v) is 9.59. The standard InChI is InChI=1S/C31H38N2O/c1-32-24-13-25-33(31(34)30(32)28-20-9-4-10-21-28)29(22-11-18-26-14-5-2-6-15-26)23-12-19-27-16-7-3-8-17-27/h2-10,14-17,20-21,29-30H,11-13,18-19,22-25H2,1H3. The highest BCUT2D eigenvalue weighted by Gasteiger charge is 2.35. The molecule has 1 saturated heterocycles. The molecule has 1 fully saturated rings. The zero-order chi connectivity index (χ0) is 23.6. The Bertz CT molecular complexity index is 944. The van der Waals surface area contributed by atoms with Gasteiger partial charge in [0.25, 0.3) is 0 Å². The molecule has 178 valence electrons. The van der Waals surface area contributed by atoms with Crippen molar-refractivity contribution in [3.8, 4) is 0 Å². The fourth-order valence-corrected chi connectivity index (χ4v) is 5.30. The second kappa shape index (κ2) is 12.5. The van der Waals surface area contributed by atoms with Gasteiger partial charge in [0.2, 0.25) is 5.91 Å². The van der Waals surface area contributed by atoms with Gasteiger partial charge in [-0.1, -0.05) is 91.0 Å². The summed E-state index contributed by atoms with van der Waals surface area (Å²) in [6.45, 7) is 1.80. The predicted octanol–water partition coefficient (Wildman–Crippen LogP) is 6.31. The first-order valence-corrected chi connectivity index (χ1v) is 12.9. The Morgan fingerprint density at radius 3 is 1.76 bits per heavy atom. The molecule has 1 heterocycles. The maximum Gasteiger partial charge on any atom is 0.244 e. The highest BCUT2D eigenvalue weighted by Crippen LogP contribution is 2.28. The van der Waals surface area contributed by atoms with Crippen LogP contribution < -0.4 is 0 Å². The summed E-state index contributed by atoms with van der Waals surface area (Å²) >= 11 is 0. The molecular weight excluding hydrogens is 416 g/mol. The molecule has 1 atom stereocenters. The van der Waals surface area contributed by atoms with Crippen LogP contribution >= 0.6 is 0 Å². The highest BCUT2D eigenvalue weighted by atomic mass is 16.2. The number of amides is 1. The van der Waals surface area contributed by atoms with Crippen molar-refractivity contribution in [3.63, 3.8) is 0 Å². The van der Waals surface area contributed by atoms with E-state index in [0.717, 1.165) is 63.6 Å². The monoisotopic (exact) mass is 454 g/mol. The minimum absolute atomic E-state index is 0.186. The molecular formula is C31H38N2O. The van der Waals surface area contributed by atoms with Crippen molar-refractivity contribution in [1.82, 2.24) is 9.80 Å². The molecule has 3 heteroatoms. The average molecular weight is 455 g/mol. The molecule has 4 rings (SSSR count). The van der Waals surface area contributed by atoms with Crippen LogP contribution in [0.15, 0.2) is 91.0 Å². The van der Waals surface area contributed by atoms with Crippen LogP contribution in [0, 0.1) is 0 Å². The topological polar surface area (TPSA) is 23.6 Å². The van der Waals surface area contributed by atoms with Crippen molar-refractivity contribution >= 4 is 5.91 Å². The maximum absolute atomic E-state index is 13.9. The van der Waals surface area contributed by atoms with Crippen molar-refractivity contribution in [2.75, 3.05) is 20.1 Å². The Morgan fingerprint density at radius 2 is 1.24 bits per heavy atom. The van der Waals surface area contributed by atoms with Crippen molar-refractivity contribution in [2.24, 2.45) is 0 Å². The number of nitrogens with zero attached hydrogens (tertiary/aromatic N) is 2. The van der Waals surface area contributed by atoms with Crippen molar-refractivity contribution < 1.29 is 4.79 Å². The average Bonchev–Trinajstić information content (AvgIpc) is 3.02. The minimum atomic E-state index is -0.186. The Labute approximate surface area is 205 Å². The van der Waals surface area contributed by atoms with Gasteiger partial charge in [-0.15, -0.1) is 0 Å². The van der Waals surface area contributed by atoms with Crippen LogP contribution in [0.5, 0.6) is 0 Å². The number of carbonyl (C=O) groups is 1. The zero-order valence-corrected chi connectivity index (χ0v) is 20.5. The van der Waals surface area contributed by atoms with Gasteiger partial charge in [-0.05, 0) is 68.7 Å². The van der Waals surface area contributed by atoms with E-state index >= 15 is 0 Å². The summed E-state index contributed by atoms with van der Waals surface area (Å²) in [4.78, 5) is 18.4. The van der Waals surface area contributed by atoms with E-state index in [1.165, 1.54) is 11.1 Å². The van der Waals surface area contributed by atoms with Gasteiger partial charge >= 0.3 is 0 Å². The van der Waals surface area contributed by atoms with Crippen LogP contribution in [-0.2, 0) is 17.6 Å². The molecule has 1 aliphatic rings. The van der Waals surface area contributed by atoms with Gasteiger partial charge < -0.3 is 4.90 Å². The summed E-state index contributed by atoms with van der Waals surface area (Å²) in [5.41, 5.74) is 3.87. The molecule has 0 radical (unpaired) electrons. The van der Waals surface area contributed by atoms with Crippen LogP contribution in [0.2, 0.25) is 0 Å². The van der Waals surface area contributed by atoms with Crippen LogP contribution in [-0.4, -0.2) is 41.9 Å². The summed E-state index contributed by atoms with van der Waals surface area (Å²) in [5.74, 6) is 0.274. The third-order valence-corrected chi connectivity index (χ3v) is 7.11. The number of hydrogen-bond donors (Lipinski definition) is 0. The summed E-state index contributed by atoms with van der Waals surface area (Å²) in [6, 6.07) is 31.9. The van der Waals surface area contributed by atoms with Gasteiger partial charge in [-0.2, -0.15) is 0 Å². The predicted molar refractivity (Wildman–Crippen MR) is 141 cm³/mol. The van der Waals surface area contributed by atoms with Crippen molar-refractivity contribution in [1.29, 1.82) is 0 Å². The lowest BCUT2D eigenvalue weighted by molar-refractivity contribution is -0.137. The second-order valence-electron chi connectivity index (χ2n) is 9.59. The maximum atomic E-state index is 13.9. The van der Waals surface area contributed by atoms with E-state index in [1.807, 2.05) is 18.2 Å². The molecule has 1 aliphatic heterocycles. The molecule has 0 saturated carbocycles. The molecule has 1 amide bonds. The number of hydrogen-bond acceptors (Lipinski definition) is 2. The first kappa shape index (κ1) is 24.2. The third-order valence-electron chi connectivity index (χ3n) is 7.11. The van der Waals surface area contributed by atoms with E-state index in [2.05, 4.69) is 89.6 Å². The van der Waals surface area contributed by atoms with Crippen molar-refractivity contribution in [3.05, 3.63) is 108 Å². The number of carbonyl (C=O) groups excluding carboxylic acids is 1. The van der Waals surface area contributed by atoms with E-state index < -0.39 is 0 Å². The van der Waals surface area contributed by atoms with Gasteiger partial charge in [0.1, 0.15) is 6.04 Å². The van der Waals surface area contributed by atoms with Crippen LogP contribution in [0.3, 0.4) is 0 Å². The Hall–Kier alpha value is -2.91. The molecule has 0 aliphatic carbocycles. The largest absolute Gasteiger partial charge is 0.338 e. The van der Waals surface area contributed by atoms with Crippen LogP contribution in [0.25, 0.3) is 0 Å². The zero-order valence-electron chi connectivity index (χ0n) is 20.5. The highest BCUT2D eigenvalue weighted by molar-refractivity contribution is 5.84. The molecule has 3 nitrogen and oxygen atoms in total. The van der Waals surface area contributed by atoms with Crippen molar-refractivity contribution in [2.45, 2.75) is 57.0 Å². The summed E-state index contributed by atoms with van der Waals surface area (Å²) in [7, 11) is 2.10. The molecule has 1 unspecified atom stereocenters. The van der Waals surface area contributed by atoms with E-state index in [-0.39, 0.29) is 18.0 Å². The number of aryl methyl sites for hydroxylation is 2. The lowest BCUT2D eigenvalue weighted by Gasteiger charge is -2.34. The molecule has 34 heavy (non-hydrogen) atoms. The van der Waals surface area contributed by atoms with Gasteiger partial charge in [-0.3, -0.25) is 9.69 Å². The minimum Gasteiger partial charge on any atom is -0.338 e. The number of rotatable bonds is 10. The Morgan fingerprint density at radius 1 is 0.735 bits per heavy atom. The van der Waals surface area contributed by atoms with E-state index in [4.69, 9.17) is 0 Å². The molecule has 3 aromatic carbocycles. The first-order valence-electron chi connectivity index (χ1n) is 12.9. The SMILES string of the molecule is CN1CCCN(C(CCCc2ccccc2)CCCc2ccccc2)C(=O)C1c1ccccc1. The quantitative estimate of drug-likeness (QED) is 0.359. The van der Waals surface area contributed by atoms with Crippen LogP contribution in [0.1, 0.15) is 54.8 Å². The third kappa shape index (κ3) is 6.57. The molecule has 0 spiro atoms. The van der Waals surface area contributed by atoms with Gasteiger partial charge in [0, 0.05) is 19.1 Å². The Balaban J connectivity index is 1.48. The summed E-state index contributed by atoms with van der Waals surface area (Å²) in [6.07, 6.45) is 7.49. The molecule has 3 aromatic rings. The fourth-order valence-electron chi connectivity index (χ4n) is 5.30. The number of likely N-dealkylation sites (N-methyl/N-ethyl adjacent to an activating group) is 1. The van der Waals surface area contributed by atoms with E-state index in [0.29, 0.717) is 0 Å². The van der Waals surface area contributed by atoms with E-state index in [9.17, 15) is 4.79 Å². The first-order chi connectivity index (χ1) is 16.7. The molecule has 0 bridgehead atoms. The number of benzene rings is 3. The van der Waals surface area contributed by atoms with Gasteiger partial charge in [0.05, 0.1) is 0 Å². The molecule has 0 N–H and O–H groups in total. The Kier molecular flexibility index (Phi) is 8.92. The lowest BCUT2D eigenvalue weighted by atomic mass is 9.96. The van der Waals surface area contributed by atoms with Gasteiger partial charge in [0.15, 0.2) is 0 Å². The molecule has 0 aromatic heterocycles. The fraction of sp³-hybridized carbons (Fsp3) is 0.387.